The van der Waals surface area contributed by atoms with Crippen molar-refractivity contribution in [3.63, 3.8) is 0 Å². The Morgan fingerprint density at radius 2 is 2.06 bits per heavy atom. The van der Waals surface area contributed by atoms with Crippen molar-refractivity contribution in [3.8, 4) is 5.75 Å². The minimum absolute atomic E-state index is 0.319. The number of fused-ring (bicyclic) bond motifs is 1. The van der Waals surface area contributed by atoms with E-state index in [0.717, 1.165) is 0 Å². The Morgan fingerprint density at radius 3 is 2.69 bits per heavy atom. The number of methoxy groups -OCH3 is 1. The standard InChI is InChI=1S/C10H9BN2O3/c1-11-5-3-4-6(16-2)7-8(5)12-10(15)13-9(7)14/h3-4H,1H2,2H3,(H2,12,13,14,15). The molecule has 0 aliphatic rings. The molecule has 1 aromatic carbocycles. The molecule has 0 saturated heterocycles. The molecule has 1 aromatic heterocycles. The second-order valence-electron chi connectivity index (χ2n) is 3.22. The second kappa shape index (κ2) is 3.81. The van der Waals surface area contributed by atoms with Crippen LogP contribution in [0.5, 0.6) is 5.75 Å². The Bertz CT molecular complexity index is 672. The van der Waals surface area contributed by atoms with Crippen molar-refractivity contribution < 1.29 is 4.74 Å². The minimum atomic E-state index is -0.547. The maximum absolute atomic E-state index is 11.7. The SMILES string of the molecule is C=Bc1ccc(OC)c2c(=O)[nH]c(=O)[nH]c12. The summed E-state index contributed by atoms with van der Waals surface area (Å²) in [6, 6.07) is 3.39. The van der Waals surface area contributed by atoms with E-state index in [1.165, 1.54) is 7.11 Å². The molecule has 0 radical (unpaired) electrons. The molecule has 2 N–H and O–H groups in total. The van der Waals surface area contributed by atoms with Crippen LogP contribution in [0, 0.1) is 0 Å². The maximum atomic E-state index is 11.7. The molecular weight excluding hydrogens is 207 g/mol. The van der Waals surface area contributed by atoms with E-state index in [-0.39, 0.29) is 0 Å². The van der Waals surface area contributed by atoms with Crippen molar-refractivity contribution in [2.75, 3.05) is 7.11 Å². The van der Waals surface area contributed by atoms with Gasteiger partial charge in [0.05, 0.1) is 0 Å². The number of hydrogen-bond acceptors (Lipinski definition) is 3. The number of H-pyrrole nitrogens is 2. The Balaban J connectivity index is 3.07. The number of nitrogens with one attached hydrogen (secondary N) is 2. The summed E-state index contributed by atoms with van der Waals surface area (Å²) in [5.41, 5.74) is 0.0928. The summed E-state index contributed by atoms with van der Waals surface area (Å²) in [7, 11) is 1.47. The fraction of sp³-hybridized carbons (Fsp3) is 0.100. The topological polar surface area (TPSA) is 75.0 Å². The molecule has 2 rings (SSSR count). The molecule has 0 aliphatic carbocycles. The van der Waals surface area contributed by atoms with Gasteiger partial charge in [-0.3, -0.25) is 0 Å². The van der Waals surface area contributed by atoms with Crippen molar-refractivity contribution in [2.45, 2.75) is 0 Å². The molecule has 0 bridgehead atoms. The first-order valence-electron chi connectivity index (χ1n) is 4.63. The van der Waals surface area contributed by atoms with Gasteiger partial charge in [-0.15, -0.1) is 0 Å². The van der Waals surface area contributed by atoms with E-state index >= 15 is 0 Å². The van der Waals surface area contributed by atoms with Crippen LogP contribution in [0.25, 0.3) is 10.9 Å². The average molecular weight is 216 g/mol. The molecule has 0 saturated carbocycles. The van der Waals surface area contributed by atoms with Crippen LogP contribution >= 0.6 is 0 Å². The summed E-state index contributed by atoms with van der Waals surface area (Å²) in [5.74, 6) is 0.415. The molecule has 80 valence electrons. The average Bonchev–Trinajstić information content (AvgIpc) is 2.27. The normalized spacial score (nSPS) is 10.1. The van der Waals surface area contributed by atoms with Crippen molar-refractivity contribution in [3.05, 3.63) is 33.0 Å². The molecule has 16 heavy (non-hydrogen) atoms. The summed E-state index contributed by atoms with van der Waals surface area (Å²) in [6.07, 6.45) is 0. The molecular formula is C10H9BN2O3. The number of benzene rings is 1. The summed E-state index contributed by atoms with van der Waals surface area (Å²) >= 11 is 0. The zero-order valence-electron chi connectivity index (χ0n) is 8.66. The van der Waals surface area contributed by atoms with Crippen molar-refractivity contribution >= 4 is 29.8 Å². The predicted molar refractivity (Wildman–Crippen MR) is 64.3 cm³/mol. The Morgan fingerprint density at radius 1 is 1.31 bits per heavy atom. The fourth-order valence-corrected chi connectivity index (χ4v) is 1.61. The molecule has 0 unspecified atom stereocenters. The van der Waals surface area contributed by atoms with Gasteiger partial charge in [0.1, 0.15) is 0 Å². The molecule has 0 fully saturated rings. The van der Waals surface area contributed by atoms with Crippen LogP contribution in [-0.2, 0) is 0 Å². The van der Waals surface area contributed by atoms with Crippen molar-refractivity contribution in [1.29, 1.82) is 0 Å². The third-order valence-electron chi connectivity index (χ3n) is 2.33. The molecule has 1 heterocycles. The molecule has 5 nitrogen and oxygen atoms in total. The van der Waals surface area contributed by atoms with Gasteiger partial charge in [-0.1, -0.05) is 0 Å². The van der Waals surface area contributed by atoms with Crippen LogP contribution in [0.3, 0.4) is 0 Å². The predicted octanol–water partition coefficient (Wildman–Crippen LogP) is -1.01. The van der Waals surface area contributed by atoms with Gasteiger partial charge in [0, 0.05) is 0 Å². The summed E-state index contributed by atoms with van der Waals surface area (Å²) in [4.78, 5) is 27.6. The van der Waals surface area contributed by atoms with Crippen LogP contribution < -0.4 is 21.4 Å². The van der Waals surface area contributed by atoms with E-state index in [1.54, 1.807) is 19.1 Å². The van der Waals surface area contributed by atoms with Crippen LogP contribution in [0.2, 0.25) is 0 Å². The van der Waals surface area contributed by atoms with E-state index in [4.69, 9.17) is 4.74 Å². The molecule has 0 spiro atoms. The number of ether oxygens (including phenoxy) is 1. The molecule has 6 heteroatoms. The number of hydrogen-bond donors (Lipinski definition) is 2. The fourth-order valence-electron chi connectivity index (χ4n) is 1.61. The van der Waals surface area contributed by atoms with Crippen LogP contribution in [-0.4, -0.2) is 30.5 Å². The first-order chi connectivity index (χ1) is 7.67. The number of aromatic nitrogens is 2. The molecule has 0 amide bonds. The van der Waals surface area contributed by atoms with Gasteiger partial charge in [0.2, 0.25) is 0 Å². The van der Waals surface area contributed by atoms with E-state index in [2.05, 4.69) is 16.4 Å². The Kier molecular flexibility index (Phi) is 2.48. The third kappa shape index (κ3) is 1.48. The zero-order valence-corrected chi connectivity index (χ0v) is 8.66. The summed E-state index contributed by atoms with van der Waals surface area (Å²) < 4.78 is 5.07. The quantitative estimate of drug-likeness (QED) is 0.631. The second-order valence-corrected chi connectivity index (χ2v) is 3.22. The van der Waals surface area contributed by atoms with Gasteiger partial charge in [-0.2, -0.15) is 0 Å². The third-order valence-corrected chi connectivity index (χ3v) is 2.33. The van der Waals surface area contributed by atoms with Crippen LogP contribution in [0.1, 0.15) is 0 Å². The Labute approximate surface area is 91.0 Å². The Hall–Kier alpha value is -2.11. The van der Waals surface area contributed by atoms with Gasteiger partial charge in [0.25, 0.3) is 0 Å². The van der Waals surface area contributed by atoms with Gasteiger partial charge in [0.15, 0.2) is 0 Å². The first kappa shape index (κ1) is 10.4. The molecule has 0 atom stereocenters. The van der Waals surface area contributed by atoms with Gasteiger partial charge in [-0.05, 0) is 0 Å². The molecule has 2 aromatic rings. The van der Waals surface area contributed by atoms with Gasteiger partial charge in [-0.25, -0.2) is 0 Å². The van der Waals surface area contributed by atoms with Crippen molar-refractivity contribution in [1.82, 2.24) is 9.97 Å². The van der Waals surface area contributed by atoms with Crippen LogP contribution in [0.4, 0.5) is 0 Å². The zero-order chi connectivity index (χ0) is 11.7. The van der Waals surface area contributed by atoms with Crippen LogP contribution in [0.15, 0.2) is 21.7 Å². The van der Waals surface area contributed by atoms with Gasteiger partial charge < -0.3 is 0 Å². The number of rotatable bonds is 2. The summed E-state index contributed by atoms with van der Waals surface area (Å²) in [6.45, 7) is 5.19. The number of aromatic amines is 2. The first-order valence-corrected chi connectivity index (χ1v) is 4.63. The van der Waals surface area contributed by atoms with Gasteiger partial charge >= 0.3 is 90.3 Å². The van der Waals surface area contributed by atoms with E-state index in [0.29, 0.717) is 22.1 Å². The van der Waals surface area contributed by atoms with E-state index < -0.39 is 11.2 Å². The molecule has 0 aliphatic heterocycles. The van der Waals surface area contributed by atoms with Crippen molar-refractivity contribution in [2.24, 2.45) is 0 Å². The summed E-state index contributed by atoms with van der Waals surface area (Å²) in [5, 5.41) is 0.319. The van der Waals surface area contributed by atoms with E-state index in [9.17, 15) is 9.59 Å². The monoisotopic (exact) mass is 216 g/mol. The van der Waals surface area contributed by atoms with E-state index in [1.807, 2.05) is 0 Å².